The van der Waals surface area contributed by atoms with Gasteiger partial charge in [-0.15, -0.1) is 6.58 Å². The van der Waals surface area contributed by atoms with E-state index in [1.807, 2.05) is 0 Å². The molecule has 1 heterocycles. The first-order valence-electron chi connectivity index (χ1n) is 9.92. The average molecular weight is 447 g/mol. The maximum atomic E-state index is 11.8. The number of carbonyl (C=O) groups excluding carboxylic acids is 3. The molecular formula is C20H34O9Si. The Labute approximate surface area is 179 Å². The minimum atomic E-state index is -1.39. The third-order valence-electron chi connectivity index (χ3n) is 4.19. The minimum Gasteiger partial charge on any atom is -0.463 e. The van der Waals surface area contributed by atoms with Crippen LogP contribution in [0.15, 0.2) is 12.7 Å². The van der Waals surface area contributed by atoms with Crippen molar-refractivity contribution in [1.82, 2.24) is 0 Å². The molecule has 1 aliphatic heterocycles. The molecule has 0 spiro atoms. The monoisotopic (exact) mass is 446 g/mol. The summed E-state index contributed by atoms with van der Waals surface area (Å²) in [6.07, 6.45) is -3.19. The Morgan fingerprint density at radius 2 is 1.53 bits per heavy atom. The molecule has 0 saturated carbocycles. The molecule has 30 heavy (non-hydrogen) atoms. The molecule has 0 aliphatic carbocycles. The fraction of sp³-hybridized carbons (Fsp3) is 0.750. The molecule has 0 aromatic carbocycles. The maximum Gasteiger partial charge on any atom is 0.303 e. The predicted molar refractivity (Wildman–Crippen MR) is 110 cm³/mol. The van der Waals surface area contributed by atoms with Crippen LogP contribution in [0.4, 0.5) is 0 Å². The van der Waals surface area contributed by atoms with Gasteiger partial charge in [0.25, 0.3) is 0 Å². The molecule has 1 fully saturated rings. The van der Waals surface area contributed by atoms with E-state index in [4.69, 9.17) is 28.4 Å². The van der Waals surface area contributed by atoms with Crippen molar-refractivity contribution in [2.75, 3.05) is 19.8 Å². The lowest BCUT2D eigenvalue weighted by atomic mass is 9.98. The van der Waals surface area contributed by atoms with Gasteiger partial charge in [0, 0.05) is 35.5 Å². The molecular weight excluding hydrogens is 412 g/mol. The molecule has 0 radical (unpaired) electrons. The van der Waals surface area contributed by atoms with Crippen molar-refractivity contribution < 1.29 is 42.8 Å². The van der Waals surface area contributed by atoms with E-state index in [2.05, 4.69) is 26.2 Å². The largest absolute Gasteiger partial charge is 0.463 e. The molecule has 0 N–H and O–H groups in total. The molecule has 5 atom stereocenters. The topological polar surface area (TPSA) is 107 Å². The lowest BCUT2D eigenvalue weighted by molar-refractivity contribution is -0.310. The second-order valence-corrected chi connectivity index (χ2v) is 13.9. The summed E-state index contributed by atoms with van der Waals surface area (Å²) >= 11 is 0. The highest BCUT2D eigenvalue weighted by atomic mass is 28.3. The molecule has 1 saturated heterocycles. The van der Waals surface area contributed by atoms with Gasteiger partial charge in [0.1, 0.15) is 18.8 Å². The Balaban J connectivity index is 3.18. The van der Waals surface area contributed by atoms with E-state index < -0.39 is 56.7 Å². The van der Waals surface area contributed by atoms with Crippen molar-refractivity contribution in [3.8, 4) is 0 Å². The van der Waals surface area contributed by atoms with E-state index in [1.165, 1.54) is 26.8 Å². The highest BCUT2D eigenvalue weighted by Crippen LogP contribution is 2.30. The summed E-state index contributed by atoms with van der Waals surface area (Å²) in [5.41, 5.74) is 0. The van der Waals surface area contributed by atoms with E-state index >= 15 is 0 Å². The van der Waals surface area contributed by atoms with Crippen LogP contribution in [0.25, 0.3) is 0 Å². The normalized spacial score (nSPS) is 26.5. The SMILES string of the molecule is C=CCO[C@@H]1[C@@H](OC(C)=O)[C@H](OCC[Si](C)(C)C)O[C@H](COC(C)=O)[C@H]1OC(C)=O. The zero-order chi connectivity index (χ0) is 22.9. The zero-order valence-corrected chi connectivity index (χ0v) is 19.7. The van der Waals surface area contributed by atoms with Gasteiger partial charge in [-0.25, -0.2) is 0 Å². The van der Waals surface area contributed by atoms with Crippen LogP contribution in [0.2, 0.25) is 25.7 Å². The summed E-state index contributed by atoms with van der Waals surface area (Å²) < 4.78 is 33.6. The third kappa shape index (κ3) is 9.37. The van der Waals surface area contributed by atoms with Crippen LogP contribution in [-0.4, -0.2) is 76.5 Å². The Kier molecular flexibility index (Phi) is 10.7. The molecule has 0 unspecified atom stereocenters. The molecule has 0 bridgehead atoms. The van der Waals surface area contributed by atoms with Crippen molar-refractivity contribution in [1.29, 1.82) is 0 Å². The Morgan fingerprint density at radius 1 is 0.933 bits per heavy atom. The van der Waals surface area contributed by atoms with E-state index in [0.29, 0.717) is 6.61 Å². The third-order valence-corrected chi connectivity index (χ3v) is 5.89. The van der Waals surface area contributed by atoms with E-state index in [1.54, 1.807) is 0 Å². The van der Waals surface area contributed by atoms with Gasteiger partial charge in [0.15, 0.2) is 18.5 Å². The summed E-state index contributed by atoms with van der Waals surface area (Å²) in [5, 5.41) is 0. The Hall–Kier alpha value is -1.75. The van der Waals surface area contributed by atoms with Crippen LogP contribution < -0.4 is 0 Å². The number of rotatable bonds is 11. The highest BCUT2D eigenvalue weighted by molar-refractivity contribution is 6.76. The molecule has 0 amide bonds. The highest BCUT2D eigenvalue weighted by Gasteiger charge is 2.51. The second kappa shape index (κ2) is 12.2. The molecule has 1 aliphatic rings. The Morgan fingerprint density at radius 3 is 2.03 bits per heavy atom. The van der Waals surface area contributed by atoms with Crippen molar-refractivity contribution >= 4 is 26.0 Å². The van der Waals surface area contributed by atoms with E-state index in [9.17, 15) is 14.4 Å². The first kappa shape index (κ1) is 26.3. The smallest absolute Gasteiger partial charge is 0.303 e. The van der Waals surface area contributed by atoms with E-state index in [-0.39, 0.29) is 13.2 Å². The lowest BCUT2D eigenvalue weighted by Gasteiger charge is -2.44. The van der Waals surface area contributed by atoms with Crippen molar-refractivity contribution in [3.63, 3.8) is 0 Å². The summed E-state index contributed by atoms with van der Waals surface area (Å²) in [7, 11) is -1.39. The van der Waals surface area contributed by atoms with Crippen LogP contribution >= 0.6 is 0 Å². The zero-order valence-electron chi connectivity index (χ0n) is 18.7. The predicted octanol–water partition coefficient (Wildman–Crippen LogP) is 2.06. The van der Waals surface area contributed by atoms with Crippen LogP contribution in [0, 0.1) is 0 Å². The number of ether oxygens (including phenoxy) is 6. The molecule has 1 rings (SSSR count). The van der Waals surface area contributed by atoms with Gasteiger partial charge in [-0.2, -0.15) is 0 Å². The average Bonchev–Trinajstić information content (AvgIpc) is 2.59. The second-order valence-electron chi connectivity index (χ2n) is 8.26. The van der Waals surface area contributed by atoms with Crippen molar-refractivity contribution in [2.45, 2.75) is 77.2 Å². The van der Waals surface area contributed by atoms with Crippen molar-refractivity contribution in [3.05, 3.63) is 12.7 Å². The number of hydrogen-bond acceptors (Lipinski definition) is 9. The minimum absolute atomic E-state index is 0.113. The van der Waals surface area contributed by atoms with Crippen molar-refractivity contribution in [2.24, 2.45) is 0 Å². The van der Waals surface area contributed by atoms with Crippen LogP contribution in [0.5, 0.6) is 0 Å². The van der Waals surface area contributed by atoms with Gasteiger partial charge in [-0.3, -0.25) is 14.4 Å². The van der Waals surface area contributed by atoms with Gasteiger partial charge in [-0.05, 0) is 6.04 Å². The summed E-state index contributed by atoms with van der Waals surface area (Å²) in [6, 6.07) is 0.861. The molecule has 0 aromatic rings. The summed E-state index contributed by atoms with van der Waals surface area (Å²) in [4.78, 5) is 34.8. The van der Waals surface area contributed by atoms with Gasteiger partial charge >= 0.3 is 17.9 Å². The number of esters is 3. The first-order valence-corrected chi connectivity index (χ1v) is 13.6. The fourth-order valence-corrected chi connectivity index (χ4v) is 3.58. The number of hydrogen-bond donors (Lipinski definition) is 0. The Bertz CT molecular complexity index is 602. The van der Waals surface area contributed by atoms with Crippen LogP contribution in [0.1, 0.15) is 20.8 Å². The van der Waals surface area contributed by atoms with Gasteiger partial charge < -0.3 is 28.4 Å². The van der Waals surface area contributed by atoms with Crippen LogP contribution in [0.3, 0.4) is 0 Å². The first-order chi connectivity index (χ1) is 13.9. The lowest BCUT2D eigenvalue weighted by Crippen LogP contribution is -2.62. The van der Waals surface area contributed by atoms with Crippen LogP contribution in [-0.2, 0) is 42.8 Å². The summed E-state index contributed by atoms with van der Waals surface area (Å²) in [6.45, 7) is 14.3. The fourth-order valence-electron chi connectivity index (χ4n) is 2.85. The standard InChI is InChI=1S/C20H34O9Si/c1-8-9-24-18-17(27-14(3)22)16(12-26-13(2)21)29-20(19(18)28-15(4)23)25-10-11-30(5,6)7/h8,16-20H,1,9-12H2,2-7H3/t16-,17-,18+,19-,20-/m1/s1. The molecule has 9 nitrogen and oxygen atoms in total. The summed E-state index contributed by atoms with van der Waals surface area (Å²) in [5.74, 6) is -1.65. The molecule has 172 valence electrons. The van der Waals surface area contributed by atoms with Gasteiger partial charge in [-0.1, -0.05) is 25.7 Å². The molecule has 0 aromatic heterocycles. The van der Waals surface area contributed by atoms with E-state index in [0.717, 1.165) is 6.04 Å². The maximum absolute atomic E-state index is 11.8. The number of carbonyl (C=O) groups is 3. The van der Waals surface area contributed by atoms with Gasteiger partial charge in [0.05, 0.1) is 6.61 Å². The van der Waals surface area contributed by atoms with Gasteiger partial charge in [0.2, 0.25) is 0 Å². The molecule has 10 heteroatoms. The quantitative estimate of drug-likeness (QED) is 0.204.